The Morgan fingerprint density at radius 3 is 2.24 bits per heavy atom. The first-order chi connectivity index (χ1) is 15.9. The zero-order valence-electron chi connectivity index (χ0n) is 19.4. The molecule has 33 heavy (non-hydrogen) atoms. The van der Waals surface area contributed by atoms with E-state index in [1.165, 1.54) is 29.2 Å². The molecule has 0 spiro atoms. The Labute approximate surface area is 194 Å². The number of aliphatic hydroxyl groups is 1. The molecule has 6 nitrogen and oxygen atoms in total. The highest BCUT2D eigenvalue weighted by atomic mass is 19.1. The number of carbonyl (C=O) groups is 2. The average molecular weight is 455 g/mol. The third-order valence-electron chi connectivity index (χ3n) is 5.88. The van der Waals surface area contributed by atoms with Gasteiger partial charge in [-0.3, -0.25) is 9.59 Å². The number of amides is 1. The van der Waals surface area contributed by atoms with Crippen molar-refractivity contribution in [2.75, 3.05) is 32.8 Å². The van der Waals surface area contributed by atoms with Gasteiger partial charge in [-0.05, 0) is 61.5 Å². The van der Waals surface area contributed by atoms with Crippen molar-refractivity contribution >= 4 is 17.4 Å². The SMILES string of the molecule is CCCOc1ccc([C@H]2/C(=C(\O)c3ccc(F)cc3)C(=O)C(=O)N2CCN(CC)CC)cc1. The summed E-state index contributed by atoms with van der Waals surface area (Å²) in [6.45, 7) is 9.28. The molecule has 1 N–H and O–H groups in total. The normalized spacial score (nSPS) is 17.7. The van der Waals surface area contributed by atoms with Gasteiger partial charge < -0.3 is 19.6 Å². The number of benzene rings is 2. The maximum Gasteiger partial charge on any atom is 0.295 e. The van der Waals surface area contributed by atoms with Crippen molar-refractivity contribution in [3.8, 4) is 5.75 Å². The molecule has 1 heterocycles. The van der Waals surface area contributed by atoms with Crippen LogP contribution in [0.5, 0.6) is 5.75 Å². The molecule has 0 unspecified atom stereocenters. The predicted molar refractivity (Wildman–Crippen MR) is 125 cm³/mol. The molecule has 0 bridgehead atoms. The minimum Gasteiger partial charge on any atom is -0.507 e. The van der Waals surface area contributed by atoms with E-state index >= 15 is 0 Å². The van der Waals surface area contributed by atoms with Crippen molar-refractivity contribution in [3.05, 3.63) is 71.0 Å². The first kappa shape index (κ1) is 24.5. The molecule has 1 saturated heterocycles. The molecule has 7 heteroatoms. The van der Waals surface area contributed by atoms with Crippen molar-refractivity contribution in [1.82, 2.24) is 9.80 Å². The van der Waals surface area contributed by atoms with Gasteiger partial charge in [0.1, 0.15) is 17.3 Å². The van der Waals surface area contributed by atoms with Crippen molar-refractivity contribution in [3.63, 3.8) is 0 Å². The zero-order chi connectivity index (χ0) is 24.0. The molecule has 1 amide bonds. The Hall–Kier alpha value is -3.19. The summed E-state index contributed by atoms with van der Waals surface area (Å²) in [5.41, 5.74) is 0.987. The Kier molecular flexibility index (Phi) is 8.22. The van der Waals surface area contributed by atoms with E-state index in [-0.39, 0.29) is 16.9 Å². The molecule has 176 valence electrons. The number of carbonyl (C=O) groups excluding carboxylic acids is 2. The van der Waals surface area contributed by atoms with E-state index in [1.807, 2.05) is 32.9 Å². The smallest absolute Gasteiger partial charge is 0.295 e. The Morgan fingerprint density at radius 1 is 1.03 bits per heavy atom. The number of hydrogen-bond donors (Lipinski definition) is 1. The molecule has 0 radical (unpaired) electrons. The maximum atomic E-state index is 13.4. The molecule has 1 aliphatic heterocycles. The summed E-state index contributed by atoms with van der Waals surface area (Å²) in [5, 5.41) is 11.0. The number of Topliss-reactive ketones (excluding diaryl/α,β-unsaturated/α-hetero) is 1. The monoisotopic (exact) mass is 454 g/mol. The number of hydrogen-bond acceptors (Lipinski definition) is 5. The lowest BCUT2D eigenvalue weighted by Crippen LogP contribution is -2.38. The van der Waals surface area contributed by atoms with Crippen LogP contribution >= 0.6 is 0 Å². The van der Waals surface area contributed by atoms with Crippen LogP contribution in [-0.4, -0.2) is 59.4 Å². The first-order valence-corrected chi connectivity index (χ1v) is 11.4. The largest absolute Gasteiger partial charge is 0.507 e. The maximum absolute atomic E-state index is 13.4. The van der Waals surface area contributed by atoms with E-state index in [4.69, 9.17) is 4.74 Å². The summed E-state index contributed by atoms with van der Waals surface area (Å²) in [6, 6.07) is 11.7. The summed E-state index contributed by atoms with van der Waals surface area (Å²) in [7, 11) is 0. The van der Waals surface area contributed by atoms with Crippen LogP contribution in [-0.2, 0) is 9.59 Å². The van der Waals surface area contributed by atoms with Gasteiger partial charge in [-0.1, -0.05) is 32.9 Å². The standard InChI is InChI=1S/C26H31FN2O4/c1-4-17-33-21-13-9-18(10-14-21)23-22(24(30)19-7-11-20(27)12-8-19)25(31)26(32)29(23)16-15-28(5-2)6-3/h7-14,23,30H,4-6,15-17H2,1-3H3/b24-22+/t23-/m0/s1. The number of rotatable bonds is 10. The lowest BCUT2D eigenvalue weighted by atomic mass is 9.95. The van der Waals surface area contributed by atoms with Crippen LogP contribution in [0.3, 0.4) is 0 Å². The molecule has 3 rings (SSSR count). The number of likely N-dealkylation sites (tertiary alicyclic amines) is 1. The highest BCUT2D eigenvalue weighted by Crippen LogP contribution is 2.39. The number of halogens is 1. The van der Waals surface area contributed by atoms with Gasteiger partial charge in [-0.25, -0.2) is 4.39 Å². The molecular weight excluding hydrogens is 423 g/mol. The van der Waals surface area contributed by atoms with Crippen LogP contribution in [0.1, 0.15) is 44.4 Å². The second kappa shape index (κ2) is 11.1. The summed E-state index contributed by atoms with van der Waals surface area (Å²) in [6.07, 6.45) is 0.880. The number of aliphatic hydroxyl groups excluding tert-OH is 1. The minimum atomic E-state index is -0.745. The number of nitrogens with zero attached hydrogens (tertiary/aromatic N) is 2. The lowest BCUT2D eigenvalue weighted by Gasteiger charge is -2.28. The highest BCUT2D eigenvalue weighted by Gasteiger charge is 2.45. The Balaban J connectivity index is 2.04. The third kappa shape index (κ3) is 5.42. The van der Waals surface area contributed by atoms with Gasteiger partial charge in [0.25, 0.3) is 11.7 Å². The first-order valence-electron chi connectivity index (χ1n) is 11.4. The minimum absolute atomic E-state index is 0.00776. The van der Waals surface area contributed by atoms with Gasteiger partial charge in [0.15, 0.2) is 0 Å². The van der Waals surface area contributed by atoms with E-state index in [0.29, 0.717) is 31.0 Å². The van der Waals surface area contributed by atoms with Gasteiger partial charge in [-0.2, -0.15) is 0 Å². The zero-order valence-corrected chi connectivity index (χ0v) is 19.4. The van der Waals surface area contributed by atoms with E-state index < -0.39 is 23.5 Å². The van der Waals surface area contributed by atoms with E-state index in [9.17, 15) is 19.1 Å². The number of ether oxygens (including phenoxy) is 1. The van der Waals surface area contributed by atoms with E-state index in [0.717, 1.165) is 19.5 Å². The molecule has 1 fully saturated rings. The van der Waals surface area contributed by atoms with Crippen molar-refractivity contribution in [2.24, 2.45) is 0 Å². The van der Waals surface area contributed by atoms with Crippen LogP contribution < -0.4 is 4.74 Å². The van der Waals surface area contributed by atoms with Gasteiger partial charge >= 0.3 is 0 Å². The molecule has 1 aliphatic rings. The van der Waals surface area contributed by atoms with Crippen molar-refractivity contribution in [2.45, 2.75) is 33.2 Å². The summed E-state index contributed by atoms with van der Waals surface area (Å²) in [4.78, 5) is 29.7. The molecule has 0 aromatic heterocycles. The van der Waals surface area contributed by atoms with Crippen molar-refractivity contribution < 1.29 is 23.8 Å². The summed E-state index contributed by atoms with van der Waals surface area (Å²) < 4.78 is 19.0. The van der Waals surface area contributed by atoms with Gasteiger partial charge in [0.05, 0.1) is 18.2 Å². The topological polar surface area (TPSA) is 70.1 Å². The third-order valence-corrected chi connectivity index (χ3v) is 5.88. The quantitative estimate of drug-likeness (QED) is 0.328. The molecule has 2 aromatic carbocycles. The Morgan fingerprint density at radius 2 is 1.67 bits per heavy atom. The van der Waals surface area contributed by atoms with Gasteiger partial charge in [-0.15, -0.1) is 0 Å². The second-order valence-electron chi connectivity index (χ2n) is 7.94. The van der Waals surface area contributed by atoms with Crippen LogP contribution in [0.25, 0.3) is 5.76 Å². The highest BCUT2D eigenvalue weighted by molar-refractivity contribution is 6.46. The average Bonchev–Trinajstić information content (AvgIpc) is 3.08. The molecule has 1 atom stereocenters. The fraction of sp³-hybridized carbons (Fsp3) is 0.385. The molecule has 0 aliphatic carbocycles. The van der Waals surface area contributed by atoms with Crippen LogP contribution in [0.4, 0.5) is 4.39 Å². The Bertz CT molecular complexity index is 998. The lowest BCUT2D eigenvalue weighted by molar-refractivity contribution is -0.140. The van der Waals surface area contributed by atoms with E-state index in [1.54, 1.807) is 12.1 Å². The fourth-order valence-corrected chi connectivity index (χ4v) is 3.98. The number of likely N-dealkylation sites (N-methyl/N-ethyl adjacent to an activating group) is 1. The molecular formula is C26H31FN2O4. The van der Waals surface area contributed by atoms with Gasteiger partial charge in [0, 0.05) is 18.7 Å². The molecule has 0 saturated carbocycles. The van der Waals surface area contributed by atoms with Crippen LogP contribution in [0, 0.1) is 5.82 Å². The van der Waals surface area contributed by atoms with Crippen molar-refractivity contribution in [1.29, 1.82) is 0 Å². The fourth-order valence-electron chi connectivity index (χ4n) is 3.98. The van der Waals surface area contributed by atoms with Crippen LogP contribution in [0.15, 0.2) is 54.1 Å². The summed E-state index contributed by atoms with van der Waals surface area (Å²) in [5.74, 6) is -1.46. The summed E-state index contributed by atoms with van der Waals surface area (Å²) >= 11 is 0. The van der Waals surface area contributed by atoms with Gasteiger partial charge in [0.2, 0.25) is 0 Å². The molecule has 2 aromatic rings. The predicted octanol–water partition coefficient (Wildman–Crippen LogP) is 4.38. The second-order valence-corrected chi connectivity index (χ2v) is 7.94. The number of ketones is 1. The van der Waals surface area contributed by atoms with E-state index in [2.05, 4.69) is 4.90 Å². The van der Waals surface area contributed by atoms with Crippen LogP contribution in [0.2, 0.25) is 0 Å².